The van der Waals surface area contributed by atoms with Crippen LogP contribution in [0.1, 0.15) is 6.42 Å². The van der Waals surface area contributed by atoms with Crippen molar-refractivity contribution in [3.8, 4) is 0 Å². The molecule has 0 amide bonds. The molecular weight excluding hydrogens is 220 g/mol. The maximum Gasteiger partial charge on any atom is 0.0413 e. The van der Waals surface area contributed by atoms with Crippen molar-refractivity contribution in [2.24, 2.45) is 0 Å². The van der Waals surface area contributed by atoms with E-state index in [1.165, 1.54) is 22.8 Å². The van der Waals surface area contributed by atoms with E-state index < -0.39 is 0 Å². The summed E-state index contributed by atoms with van der Waals surface area (Å²) < 4.78 is 0. The maximum absolute atomic E-state index is 2.26. The molecule has 0 spiro atoms. The zero-order chi connectivity index (χ0) is 10.3. The van der Waals surface area contributed by atoms with E-state index in [9.17, 15) is 0 Å². The molecule has 0 saturated heterocycles. The third-order valence-electron chi connectivity index (χ3n) is 2.21. The van der Waals surface area contributed by atoms with E-state index in [4.69, 9.17) is 0 Å². The third-order valence-corrected chi connectivity index (χ3v) is 4.53. The molecular formula is C13H15S2-. The van der Waals surface area contributed by atoms with Gasteiger partial charge in [0.15, 0.2) is 0 Å². The van der Waals surface area contributed by atoms with E-state index in [0.717, 1.165) is 0 Å². The van der Waals surface area contributed by atoms with Crippen molar-refractivity contribution in [3.05, 3.63) is 48.6 Å². The molecule has 0 atom stereocenters. The predicted octanol–water partition coefficient (Wildman–Crippen LogP) is 4.12. The summed E-state index contributed by atoms with van der Waals surface area (Å²) in [5, 5.41) is 0.633. The van der Waals surface area contributed by atoms with Crippen molar-refractivity contribution in [3.63, 3.8) is 0 Å². The minimum atomic E-state index is 0.633. The van der Waals surface area contributed by atoms with Gasteiger partial charge in [0.25, 0.3) is 0 Å². The Kier molecular flexibility index (Phi) is 4.55. The topological polar surface area (TPSA) is 0 Å². The second kappa shape index (κ2) is 6.19. The van der Waals surface area contributed by atoms with Crippen LogP contribution in [0, 0.1) is 0 Å². The maximum atomic E-state index is 2.26. The lowest BCUT2D eigenvalue weighted by molar-refractivity contribution is 1.12. The van der Waals surface area contributed by atoms with Crippen molar-refractivity contribution >= 4 is 23.5 Å². The van der Waals surface area contributed by atoms with Crippen molar-refractivity contribution in [2.75, 3.05) is 11.5 Å². The van der Waals surface area contributed by atoms with Crippen LogP contribution < -0.4 is 0 Å². The lowest BCUT2D eigenvalue weighted by atomic mass is 10.5. The normalized spacial score (nSPS) is 15.2. The Morgan fingerprint density at radius 1 is 1.20 bits per heavy atom. The number of rotatable bonds is 6. The number of hydrogen-bond donors (Lipinski definition) is 0. The molecule has 2 rings (SSSR count). The van der Waals surface area contributed by atoms with Gasteiger partial charge in [-0.05, 0) is 17.9 Å². The molecule has 0 aliphatic heterocycles. The Morgan fingerprint density at radius 2 is 2.07 bits per heavy atom. The summed E-state index contributed by atoms with van der Waals surface area (Å²) in [6.45, 7) is 0. The first kappa shape index (κ1) is 11.0. The van der Waals surface area contributed by atoms with Crippen LogP contribution in [0.4, 0.5) is 0 Å². The van der Waals surface area contributed by atoms with E-state index in [-0.39, 0.29) is 0 Å². The van der Waals surface area contributed by atoms with Crippen LogP contribution in [0.2, 0.25) is 0 Å². The van der Waals surface area contributed by atoms with Crippen molar-refractivity contribution in [1.82, 2.24) is 0 Å². The summed E-state index contributed by atoms with van der Waals surface area (Å²) in [6, 6.07) is 8.57. The molecule has 2 heteroatoms. The highest BCUT2D eigenvalue weighted by Crippen LogP contribution is 2.22. The predicted molar refractivity (Wildman–Crippen MR) is 71.9 cm³/mol. The number of hydrogen-bond acceptors (Lipinski definition) is 2. The molecule has 15 heavy (non-hydrogen) atoms. The third kappa shape index (κ3) is 3.88. The Hall–Kier alpha value is -0.470. The SMILES string of the molecule is C1=CC(SCCCSc2cc[cH-]c2)C=C1. The smallest absolute Gasteiger partial charge is 0.0413 e. The molecule has 0 heterocycles. The summed E-state index contributed by atoms with van der Waals surface area (Å²) in [5.74, 6) is 2.49. The summed E-state index contributed by atoms with van der Waals surface area (Å²) in [7, 11) is 0. The molecule has 1 aliphatic carbocycles. The summed E-state index contributed by atoms with van der Waals surface area (Å²) >= 11 is 3.99. The molecule has 0 unspecified atom stereocenters. The van der Waals surface area contributed by atoms with Crippen molar-refractivity contribution in [1.29, 1.82) is 0 Å². The van der Waals surface area contributed by atoms with Crippen LogP contribution in [0.3, 0.4) is 0 Å². The van der Waals surface area contributed by atoms with E-state index >= 15 is 0 Å². The van der Waals surface area contributed by atoms with Gasteiger partial charge >= 0.3 is 0 Å². The molecule has 1 aromatic rings. The lowest BCUT2D eigenvalue weighted by Crippen LogP contribution is -1.93. The molecule has 0 nitrogen and oxygen atoms in total. The van der Waals surface area contributed by atoms with E-state index in [2.05, 4.69) is 48.6 Å². The van der Waals surface area contributed by atoms with Crippen LogP contribution in [0.5, 0.6) is 0 Å². The van der Waals surface area contributed by atoms with E-state index in [1.54, 1.807) is 0 Å². The van der Waals surface area contributed by atoms with Crippen molar-refractivity contribution in [2.45, 2.75) is 16.6 Å². The van der Waals surface area contributed by atoms with Crippen LogP contribution in [0.15, 0.2) is 53.5 Å². The second-order valence-electron chi connectivity index (χ2n) is 3.43. The van der Waals surface area contributed by atoms with E-state index in [1.807, 2.05) is 23.5 Å². The van der Waals surface area contributed by atoms with Crippen molar-refractivity contribution < 1.29 is 0 Å². The van der Waals surface area contributed by atoms with Gasteiger partial charge in [-0.2, -0.15) is 30.0 Å². The Balaban J connectivity index is 1.52. The first-order chi connectivity index (χ1) is 7.45. The van der Waals surface area contributed by atoms with Gasteiger partial charge in [-0.25, -0.2) is 17.8 Å². The first-order valence-electron chi connectivity index (χ1n) is 5.26. The molecule has 80 valence electrons. The van der Waals surface area contributed by atoms with E-state index in [0.29, 0.717) is 5.25 Å². The molecule has 1 aromatic carbocycles. The van der Waals surface area contributed by atoms with Gasteiger partial charge in [0.2, 0.25) is 0 Å². The molecule has 0 fully saturated rings. The zero-order valence-corrected chi connectivity index (χ0v) is 10.3. The zero-order valence-electron chi connectivity index (χ0n) is 8.63. The average molecular weight is 235 g/mol. The van der Waals surface area contributed by atoms with Gasteiger partial charge in [0.1, 0.15) is 0 Å². The molecule has 0 N–H and O–H groups in total. The minimum Gasteiger partial charge on any atom is -0.207 e. The van der Waals surface area contributed by atoms with Gasteiger partial charge in [0.05, 0.1) is 0 Å². The Bertz CT molecular complexity index is 310. The summed E-state index contributed by atoms with van der Waals surface area (Å²) in [4.78, 5) is 1.40. The number of thioether (sulfide) groups is 2. The van der Waals surface area contributed by atoms with Crippen LogP contribution in [-0.2, 0) is 0 Å². The molecule has 0 bridgehead atoms. The van der Waals surface area contributed by atoms with Crippen LogP contribution in [0.25, 0.3) is 0 Å². The Labute approximate surface area is 100 Å². The van der Waals surface area contributed by atoms with Gasteiger partial charge in [-0.15, -0.1) is 4.90 Å². The standard InChI is InChI=1S/C13H15S2/c1-2-7-12(6-1)14-10-5-11-15-13-8-3-4-9-13/h1-4,6-9,12H,5,10-11H2/q-1. The largest absolute Gasteiger partial charge is 0.207 e. The fourth-order valence-electron chi connectivity index (χ4n) is 1.44. The highest BCUT2D eigenvalue weighted by atomic mass is 32.2. The highest BCUT2D eigenvalue weighted by molar-refractivity contribution is 8.00. The fraction of sp³-hybridized carbons (Fsp3) is 0.308. The summed E-state index contributed by atoms with van der Waals surface area (Å²) in [5.41, 5.74) is 0. The highest BCUT2D eigenvalue weighted by Gasteiger charge is 2.02. The quantitative estimate of drug-likeness (QED) is 0.413. The monoisotopic (exact) mass is 235 g/mol. The average Bonchev–Trinajstić information content (AvgIpc) is 2.88. The molecule has 0 saturated carbocycles. The molecule has 0 aromatic heterocycles. The first-order valence-corrected chi connectivity index (χ1v) is 7.30. The summed E-state index contributed by atoms with van der Waals surface area (Å²) in [6.07, 6.45) is 10.1. The fourth-order valence-corrected chi connectivity index (χ4v) is 3.49. The van der Waals surface area contributed by atoms with Crippen LogP contribution in [-0.4, -0.2) is 16.8 Å². The lowest BCUT2D eigenvalue weighted by Gasteiger charge is -2.06. The minimum absolute atomic E-state index is 0.633. The van der Waals surface area contributed by atoms with Gasteiger partial charge < -0.3 is 0 Å². The molecule has 1 aliphatic rings. The molecule has 0 radical (unpaired) electrons. The van der Waals surface area contributed by atoms with Gasteiger partial charge in [0, 0.05) is 5.25 Å². The van der Waals surface area contributed by atoms with Gasteiger partial charge in [-0.1, -0.05) is 24.3 Å². The van der Waals surface area contributed by atoms with Gasteiger partial charge in [-0.3, -0.25) is 0 Å². The number of allylic oxidation sites excluding steroid dienone is 2. The second-order valence-corrected chi connectivity index (χ2v) is 5.88. The Morgan fingerprint density at radius 3 is 2.80 bits per heavy atom. The van der Waals surface area contributed by atoms with Crippen LogP contribution >= 0.6 is 23.5 Å².